The maximum absolute atomic E-state index is 11.2. The number of rotatable bonds is 5. The van der Waals surface area contributed by atoms with Crippen LogP contribution in [0.3, 0.4) is 0 Å². The van der Waals surface area contributed by atoms with Gasteiger partial charge in [0.2, 0.25) is 0 Å². The summed E-state index contributed by atoms with van der Waals surface area (Å²) in [5.41, 5.74) is 1.79. The Labute approximate surface area is 130 Å². The van der Waals surface area contributed by atoms with Gasteiger partial charge in [-0.25, -0.2) is 0 Å². The van der Waals surface area contributed by atoms with Crippen LogP contribution in [0.25, 0.3) is 0 Å². The smallest absolute Gasteiger partial charge is 0.317 e. The minimum Gasteiger partial charge on any atom is -0.487 e. The number of pyridine rings is 1. The van der Waals surface area contributed by atoms with Gasteiger partial charge in [0.15, 0.2) is 0 Å². The molecule has 0 bridgehead atoms. The van der Waals surface area contributed by atoms with Crippen molar-refractivity contribution in [1.29, 1.82) is 0 Å². The Hall–Kier alpha value is -2.80. The van der Waals surface area contributed by atoms with Crippen LogP contribution in [0.2, 0.25) is 0 Å². The van der Waals surface area contributed by atoms with Gasteiger partial charge < -0.3 is 9.47 Å². The van der Waals surface area contributed by atoms with E-state index in [0.29, 0.717) is 24.5 Å². The van der Waals surface area contributed by atoms with E-state index >= 15 is 0 Å². The van der Waals surface area contributed by atoms with Gasteiger partial charge in [-0.2, -0.15) is 0 Å². The molecule has 22 heavy (non-hydrogen) atoms. The number of carbonyl (C=O) groups is 1. The summed E-state index contributed by atoms with van der Waals surface area (Å²) in [6, 6.07) is 11.7. The topological polar surface area (TPSA) is 48.4 Å². The molecule has 4 heteroatoms. The molecule has 0 saturated carbocycles. The summed E-state index contributed by atoms with van der Waals surface area (Å²) in [7, 11) is 0. The van der Waals surface area contributed by atoms with Crippen LogP contribution in [0.15, 0.2) is 48.8 Å². The first-order chi connectivity index (χ1) is 10.8. The molecular formula is C18H17NO3. The molecule has 0 amide bonds. The van der Waals surface area contributed by atoms with Gasteiger partial charge >= 0.3 is 5.97 Å². The van der Waals surface area contributed by atoms with Gasteiger partial charge in [0.05, 0.1) is 12.8 Å². The van der Waals surface area contributed by atoms with E-state index in [1.165, 1.54) is 0 Å². The van der Waals surface area contributed by atoms with Gasteiger partial charge in [0.25, 0.3) is 0 Å². The second-order valence-corrected chi connectivity index (χ2v) is 4.47. The molecular weight excluding hydrogens is 278 g/mol. The summed E-state index contributed by atoms with van der Waals surface area (Å²) in [5.74, 6) is 5.97. The van der Waals surface area contributed by atoms with E-state index in [9.17, 15) is 4.79 Å². The predicted molar refractivity (Wildman–Crippen MR) is 83.1 cm³/mol. The fourth-order valence-corrected chi connectivity index (χ4v) is 1.74. The van der Waals surface area contributed by atoms with E-state index in [4.69, 9.17) is 9.47 Å². The van der Waals surface area contributed by atoms with Crippen molar-refractivity contribution in [2.75, 3.05) is 6.61 Å². The van der Waals surface area contributed by atoms with E-state index < -0.39 is 0 Å². The Balaban J connectivity index is 1.92. The van der Waals surface area contributed by atoms with Crippen LogP contribution in [0.1, 0.15) is 24.5 Å². The molecule has 0 N–H and O–H groups in total. The Morgan fingerprint density at radius 3 is 2.82 bits per heavy atom. The number of ether oxygens (including phenoxy) is 2. The lowest BCUT2D eigenvalue weighted by Crippen LogP contribution is -2.01. The minimum absolute atomic E-state index is 0.0724. The maximum atomic E-state index is 11.2. The third-order valence-electron chi connectivity index (χ3n) is 2.73. The normalized spacial score (nSPS) is 9.50. The predicted octanol–water partition coefficient (Wildman–Crippen LogP) is 2.97. The number of hydrogen-bond acceptors (Lipinski definition) is 4. The van der Waals surface area contributed by atoms with Gasteiger partial charge in [0, 0.05) is 11.8 Å². The number of carbonyl (C=O) groups excluding carboxylic acids is 1. The van der Waals surface area contributed by atoms with Crippen molar-refractivity contribution in [3.63, 3.8) is 0 Å². The molecule has 0 aliphatic carbocycles. The number of hydrogen-bond donors (Lipinski definition) is 0. The molecule has 0 unspecified atom stereocenters. The van der Waals surface area contributed by atoms with E-state index in [1.807, 2.05) is 30.3 Å². The van der Waals surface area contributed by atoms with Crippen LogP contribution in [0.5, 0.6) is 5.75 Å². The van der Waals surface area contributed by atoms with Gasteiger partial charge in [-0.15, -0.1) is 0 Å². The fraction of sp³-hybridized carbons (Fsp3) is 0.222. The lowest BCUT2D eigenvalue weighted by Gasteiger charge is -2.05. The molecule has 2 aromatic rings. The third kappa shape index (κ3) is 5.29. The van der Waals surface area contributed by atoms with Crippen molar-refractivity contribution in [3.8, 4) is 17.6 Å². The van der Waals surface area contributed by atoms with Crippen LogP contribution < -0.4 is 4.74 Å². The van der Waals surface area contributed by atoms with E-state index in [2.05, 4.69) is 16.8 Å². The molecule has 1 aromatic carbocycles. The largest absolute Gasteiger partial charge is 0.487 e. The number of esters is 1. The van der Waals surface area contributed by atoms with E-state index in [1.54, 1.807) is 25.4 Å². The summed E-state index contributed by atoms with van der Waals surface area (Å²) in [4.78, 5) is 15.3. The second kappa shape index (κ2) is 8.48. The zero-order valence-corrected chi connectivity index (χ0v) is 12.4. The molecule has 1 aromatic heterocycles. The van der Waals surface area contributed by atoms with E-state index in [-0.39, 0.29) is 12.4 Å². The minimum atomic E-state index is -0.320. The lowest BCUT2D eigenvalue weighted by molar-refractivity contribution is -0.141. The molecule has 0 spiro atoms. The average Bonchev–Trinajstić information content (AvgIpc) is 2.55. The molecule has 4 nitrogen and oxygen atoms in total. The highest BCUT2D eigenvalue weighted by molar-refractivity contribution is 5.72. The first kappa shape index (κ1) is 15.6. The summed E-state index contributed by atoms with van der Waals surface area (Å²) in [5, 5.41) is 0. The molecule has 2 rings (SSSR count). The SMILES string of the molecule is CCOC(=O)CC#Cc1cncc(OCc2ccccc2)c1. The van der Waals surface area contributed by atoms with E-state index in [0.717, 1.165) is 5.56 Å². The highest BCUT2D eigenvalue weighted by Crippen LogP contribution is 2.12. The second-order valence-electron chi connectivity index (χ2n) is 4.47. The van der Waals surface area contributed by atoms with Gasteiger partial charge in [-0.3, -0.25) is 9.78 Å². The van der Waals surface area contributed by atoms with Crippen LogP contribution in [0.4, 0.5) is 0 Å². The van der Waals surface area contributed by atoms with Gasteiger partial charge in [-0.1, -0.05) is 42.2 Å². The molecule has 112 valence electrons. The highest BCUT2D eigenvalue weighted by atomic mass is 16.5. The van der Waals surface area contributed by atoms with Crippen LogP contribution in [-0.4, -0.2) is 17.6 Å². The zero-order chi connectivity index (χ0) is 15.6. The van der Waals surface area contributed by atoms with Gasteiger partial charge in [-0.05, 0) is 18.6 Å². The fourth-order valence-electron chi connectivity index (χ4n) is 1.74. The van der Waals surface area contributed by atoms with Crippen LogP contribution in [0, 0.1) is 11.8 Å². The highest BCUT2D eigenvalue weighted by Gasteiger charge is 1.99. The van der Waals surface area contributed by atoms with Crippen molar-refractivity contribution in [3.05, 3.63) is 59.9 Å². The van der Waals surface area contributed by atoms with Crippen molar-refractivity contribution in [2.24, 2.45) is 0 Å². The monoisotopic (exact) mass is 295 g/mol. The Kier molecular flexibility index (Phi) is 6.01. The maximum Gasteiger partial charge on any atom is 0.317 e. The molecule has 0 saturated heterocycles. The van der Waals surface area contributed by atoms with Crippen molar-refractivity contribution in [1.82, 2.24) is 4.98 Å². The van der Waals surface area contributed by atoms with Crippen molar-refractivity contribution >= 4 is 5.97 Å². The molecule has 0 atom stereocenters. The summed E-state index contributed by atoms with van der Waals surface area (Å²) < 4.78 is 10.5. The Morgan fingerprint density at radius 2 is 2.05 bits per heavy atom. The molecule has 0 aliphatic heterocycles. The zero-order valence-electron chi connectivity index (χ0n) is 12.4. The number of aromatic nitrogens is 1. The quantitative estimate of drug-likeness (QED) is 0.628. The molecule has 0 fully saturated rings. The first-order valence-electron chi connectivity index (χ1n) is 7.04. The Morgan fingerprint density at radius 1 is 1.23 bits per heavy atom. The Bertz CT molecular complexity index is 671. The lowest BCUT2D eigenvalue weighted by atomic mass is 10.2. The average molecular weight is 295 g/mol. The molecule has 0 radical (unpaired) electrons. The van der Waals surface area contributed by atoms with Crippen LogP contribution in [-0.2, 0) is 16.1 Å². The van der Waals surface area contributed by atoms with Crippen LogP contribution >= 0.6 is 0 Å². The number of nitrogens with zero attached hydrogens (tertiary/aromatic N) is 1. The molecule has 0 aliphatic rings. The van der Waals surface area contributed by atoms with Crippen molar-refractivity contribution in [2.45, 2.75) is 20.0 Å². The van der Waals surface area contributed by atoms with Gasteiger partial charge in [0.1, 0.15) is 18.8 Å². The summed E-state index contributed by atoms with van der Waals surface area (Å²) >= 11 is 0. The first-order valence-corrected chi connectivity index (χ1v) is 7.04. The third-order valence-corrected chi connectivity index (χ3v) is 2.73. The standard InChI is InChI=1S/C18H17NO3/c1-2-21-18(20)10-6-9-16-11-17(13-19-12-16)22-14-15-7-4-3-5-8-15/h3-5,7-8,11-13H,2,10,14H2,1H3. The number of benzene rings is 1. The summed E-state index contributed by atoms with van der Waals surface area (Å²) in [6.45, 7) is 2.61. The van der Waals surface area contributed by atoms with Crippen molar-refractivity contribution < 1.29 is 14.3 Å². The summed E-state index contributed by atoms with van der Waals surface area (Å²) in [6.07, 6.45) is 3.34. The molecule has 1 heterocycles.